The summed E-state index contributed by atoms with van der Waals surface area (Å²) in [5.74, 6) is 0.649. The Labute approximate surface area is 179 Å². The largest absolute Gasteiger partial charge is 0.491 e. The monoisotopic (exact) mass is 430 g/mol. The van der Waals surface area contributed by atoms with Gasteiger partial charge in [-0.25, -0.2) is 4.39 Å². The number of piperazine rings is 1. The van der Waals surface area contributed by atoms with Crippen LogP contribution in [0.4, 0.5) is 10.1 Å². The Balaban J connectivity index is 0.00000196. The van der Waals surface area contributed by atoms with Crippen LogP contribution in [0.2, 0.25) is 0 Å². The standard InChI is InChI=1S/C21H27FN2O2.2ClH/c1-16-7-8-17(2)21(13-16)26-15-18(25)14-23-9-11-24(12-10-23)20-6-4-3-5-19(20)22;;/h3-8,13,18,25H,9-12,14-15H2,1-2H3;2*1H. The summed E-state index contributed by atoms with van der Waals surface area (Å²) in [6.07, 6.45) is -0.546. The molecule has 1 fully saturated rings. The predicted octanol–water partition coefficient (Wildman–Crippen LogP) is 3.85. The van der Waals surface area contributed by atoms with Gasteiger partial charge in [-0.2, -0.15) is 0 Å². The number of aryl methyl sites for hydroxylation is 2. The smallest absolute Gasteiger partial charge is 0.146 e. The third kappa shape index (κ3) is 6.52. The number of ether oxygens (including phenoxy) is 1. The summed E-state index contributed by atoms with van der Waals surface area (Å²) in [5.41, 5.74) is 2.87. The van der Waals surface area contributed by atoms with Gasteiger partial charge in [0.1, 0.15) is 24.3 Å². The lowest BCUT2D eigenvalue weighted by molar-refractivity contribution is 0.0660. The molecule has 2 aromatic carbocycles. The van der Waals surface area contributed by atoms with Crippen molar-refractivity contribution in [2.75, 3.05) is 44.2 Å². The van der Waals surface area contributed by atoms with Gasteiger partial charge >= 0.3 is 0 Å². The van der Waals surface area contributed by atoms with E-state index < -0.39 is 6.10 Å². The lowest BCUT2D eigenvalue weighted by Crippen LogP contribution is -2.49. The molecule has 1 saturated heterocycles. The van der Waals surface area contributed by atoms with Gasteiger partial charge < -0.3 is 14.7 Å². The number of benzene rings is 2. The van der Waals surface area contributed by atoms with Gasteiger partial charge in [0.2, 0.25) is 0 Å². The van der Waals surface area contributed by atoms with Gasteiger partial charge in [-0.3, -0.25) is 4.90 Å². The molecular formula is C21H29Cl2FN2O2. The Kier molecular flexibility index (Phi) is 10.0. The highest BCUT2D eigenvalue weighted by Crippen LogP contribution is 2.21. The zero-order chi connectivity index (χ0) is 18.5. The highest BCUT2D eigenvalue weighted by Gasteiger charge is 2.21. The minimum Gasteiger partial charge on any atom is -0.491 e. The van der Waals surface area contributed by atoms with Gasteiger partial charge in [0.15, 0.2) is 0 Å². The maximum atomic E-state index is 13.9. The number of nitrogens with zero attached hydrogens (tertiary/aromatic N) is 2. The zero-order valence-corrected chi connectivity index (χ0v) is 17.9. The van der Waals surface area contributed by atoms with Gasteiger partial charge in [0, 0.05) is 32.7 Å². The summed E-state index contributed by atoms with van der Waals surface area (Å²) in [6.45, 7) is 7.98. The highest BCUT2D eigenvalue weighted by molar-refractivity contribution is 5.85. The summed E-state index contributed by atoms with van der Waals surface area (Å²) in [7, 11) is 0. The van der Waals surface area contributed by atoms with E-state index in [1.165, 1.54) is 6.07 Å². The van der Waals surface area contributed by atoms with Crippen LogP contribution in [0.1, 0.15) is 11.1 Å². The zero-order valence-electron chi connectivity index (χ0n) is 16.3. The molecule has 1 unspecified atom stereocenters. The predicted molar refractivity (Wildman–Crippen MR) is 117 cm³/mol. The van der Waals surface area contributed by atoms with Crippen LogP contribution >= 0.6 is 24.8 Å². The molecule has 0 amide bonds. The van der Waals surface area contributed by atoms with Crippen molar-refractivity contribution in [1.29, 1.82) is 0 Å². The number of aliphatic hydroxyl groups excluding tert-OH is 1. The molecule has 0 spiro atoms. The molecule has 1 heterocycles. The van der Waals surface area contributed by atoms with Crippen LogP contribution in [-0.2, 0) is 0 Å². The van der Waals surface area contributed by atoms with Crippen LogP contribution in [0.5, 0.6) is 5.75 Å². The first-order valence-corrected chi connectivity index (χ1v) is 9.13. The molecule has 0 aromatic heterocycles. The average molecular weight is 431 g/mol. The van der Waals surface area contributed by atoms with E-state index in [1.54, 1.807) is 6.07 Å². The van der Waals surface area contributed by atoms with Crippen molar-refractivity contribution in [3.8, 4) is 5.75 Å². The van der Waals surface area contributed by atoms with E-state index in [1.807, 2.05) is 44.2 Å². The second-order valence-corrected chi connectivity index (χ2v) is 6.97. The van der Waals surface area contributed by atoms with Gasteiger partial charge in [-0.15, -0.1) is 24.8 Å². The summed E-state index contributed by atoms with van der Waals surface area (Å²) in [5, 5.41) is 10.3. The van der Waals surface area contributed by atoms with Gasteiger partial charge in [0.25, 0.3) is 0 Å². The molecule has 1 atom stereocenters. The number of β-amino-alcohol motifs (C(OH)–C–C–N with tert-alkyl or cyclic N) is 1. The number of aliphatic hydroxyl groups is 1. The summed E-state index contributed by atoms with van der Waals surface area (Å²) < 4.78 is 19.7. The number of rotatable bonds is 6. The van der Waals surface area contributed by atoms with E-state index in [4.69, 9.17) is 4.74 Å². The molecule has 1 aliphatic heterocycles. The van der Waals surface area contributed by atoms with Crippen molar-refractivity contribution in [1.82, 2.24) is 4.90 Å². The maximum Gasteiger partial charge on any atom is 0.146 e. The van der Waals surface area contributed by atoms with Crippen LogP contribution in [0.15, 0.2) is 42.5 Å². The molecule has 7 heteroatoms. The SMILES string of the molecule is Cc1ccc(C)c(OCC(O)CN2CCN(c3ccccc3F)CC2)c1.Cl.Cl. The van der Waals surface area contributed by atoms with Crippen molar-refractivity contribution in [3.63, 3.8) is 0 Å². The Hall–Kier alpha value is -1.53. The lowest BCUT2D eigenvalue weighted by atomic mass is 10.1. The molecule has 0 saturated carbocycles. The number of halogens is 3. The lowest BCUT2D eigenvalue weighted by Gasteiger charge is -2.37. The Morgan fingerprint density at radius 1 is 1.04 bits per heavy atom. The van der Waals surface area contributed by atoms with Crippen molar-refractivity contribution >= 4 is 30.5 Å². The molecular weight excluding hydrogens is 402 g/mol. The van der Waals surface area contributed by atoms with Gasteiger partial charge in [0.05, 0.1) is 5.69 Å². The van der Waals surface area contributed by atoms with E-state index in [0.29, 0.717) is 12.2 Å². The molecule has 1 N–H and O–H groups in total. The van der Waals surface area contributed by atoms with Crippen molar-refractivity contribution in [2.45, 2.75) is 20.0 Å². The third-order valence-corrected chi connectivity index (χ3v) is 4.81. The van der Waals surface area contributed by atoms with Crippen LogP contribution in [0.3, 0.4) is 0 Å². The van der Waals surface area contributed by atoms with E-state index in [0.717, 1.165) is 43.1 Å². The van der Waals surface area contributed by atoms with Crippen molar-refractivity contribution in [2.24, 2.45) is 0 Å². The van der Waals surface area contributed by atoms with E-state index in [-0.39, 0.29) is 37.2 Å². The Bertz CT molecular complexity index is 740. The topological polar surface area (TPSA) is 35.9 Å². The second kappa shape index (κ2) is 11.5. The van der Waals surface area contributed by atoms with Gasteiger partial charge in [-0.05, 0) is 43.2 Å². The molecule has 0 radical (unpaired) electrons. The van der Waals surface area contributed by atoms with Crippen LogP contribution in [0.25, 0.3) is 0 Å². The molecule has 1 aliphatic rings. The quantitative estimate of drug-likeness (QED) is 0.754. The number of anilines is 1. The fourth-order valence-corrected chi connectivity index (χ4v) is 3.28. The first-order chi connectivity index (χ1) is 12.5. The van der Waals surface area contributed by atoms with E-state index in [9.17, 15) is 9.50 Å². The summed E-state index contributed by atoms with van der Waals surface area (Å²) in [6, 6.07) is 13.0. The molecule has 0 aliphatic carbocycles. The fraction of sp³-hybridized carbons (Fsp3) is 0.429. The number of hydrogen-bond donors (Lipinski definition) is 1. The highest BCUT2D eigenvalue weighted by atomic mass is 35.5. The van der Waals surface area contributed by atoms with Crippen molar-refractivity contribution < 1.29 is 14.2 Å². The molecule has 156 valence electrons. The van der Waals surface area contributed by atoms with Gasteiger partial charge in [-0.1, -0.05) is 24.3 Å². The number of hydrogen-bond acceptors (Lipinski definition) is 4. The van der Waals surface area contributed by atoms with E-state index >= 15 is 0 Å². The molecule has 28 heavy (non-hydrogen) atoms. The normalized spacial score (nSPS) is 15.4. The first kappa shape index (κ1) is 24.5. The maximum absolute atomic E-state index is 13.9. The third-order valence-electron chi connectivity index (χ3n) is 4.81. The minimum atomic E-state index is -0.546. The molecule has 0 bridgehead atoms. The Morgan fingerprint density at radius 3 is 2.39 bits per heavy atom. The average Bonchev–Trinajstić information content (AvgIpc) is 2.64. The summed E-state index contributed by atoms with van der Waals surface area (Å²) in [4.78, 5) is 4.26. The number of para-hydroxylation sites is 1. The minimum absolute atomic E-state index is 0. The fourth-order valence-electron chi connectivity index (χ4n) is 3.28. The first-order valence-electron chi connectivity index (χ1n) is 9.13. The van der Waals surface area contributed by atoms with Crippen LogP contribution < -0.4 is 9.64 Å². The molecule has 3 rings (SSSR count). The van der Waals surface area contributed by atoms with E-state index in [2.05, 4.69) is 9.80 Å². The van der Waals surface area contributed by atoms with Crippen LogP contribution in [0, 0.1) is 19.7 Å². The second-order valence-electron chi connectivity index (χ2n) is 6.97. The van der Waals surface area contributed by atoms with Crippen molar-refractivity contribution in [3.05, 3.63) is 59.4 Å². The van der Waals surface area contributed by atoms with Crippen LogP contribution in [-0.4, -0.2) is 55.4 Å². The summed E-state index contributed by atoms with van der Waals surface area (Å²) >= 11 is 0. The Morgan fingerprint density at radius 2 is 1.71 bits per heavy atom. The molecule has 2 aromatic rings. The molecule has 4 nitrogen and oxygen atoms in total.